The molecule has 0 unspecified atom stereocenters. The summed E-state index contributed by atoms with van der Waals surface area (Å²) < 4.78 is 5.13. The Morgan fingerprint density at radius 1 is 1.42 bits per heavy atom. The summed E-state index contributed by atoms with van der Waals surface area (Å²) in [4.78, 5) is 11.6. The summed E-state index contributed by atoms with van der Waals surface area (Å²) in [6.45, 7) is 2.58. The maximum Gasteiger partial charge on any atom is 0.247 e. The molecule has 0 radical (unpaired) electrons. The van der Waals surface area contributed by atoms with E-state index in [2.05, 4.69) is 20.8 Å². The first-order valence-electron chi connectivity index (χ1n) is 6.02. The van der Waals surface area contributed by atoms with Crippen molar-refractivity contribution < 1.29 is 9.21 Å². The topological polar surface area (TPSA) is 80.0 Å². The van der Waals surface area contributed by atoms with E-state index in [9.17, 15) is 4.79 Å². The number of nitrogens with zero attached hydrogens (tertiary/aromatic N) is 2. The van der Waals surface area contributed by atoms with Gasteiger partial charge in [-0.2, -0.15) is 0 Å². The number of carbonyl (C=O) groups is 1. The highest BCUT2D eigenvalue weighted by Gasteiger charge is 2.08. The van der Waals surface area contributed by atoms with Crippen molar-refractivity contribution in [2.75, 3.05) is 18.9 Å². The van der Waals surface area contributed by atoms with E-state index in [1.54, 1.807) is 0 Å². The number of aryl methyl sites for hydroxylation is 1. The van der Waals surface area contributed by atoms with Gasteiger partial charge in [0.2, 0.25) is 18.2 Å². The second-order valence-corrected chi connectivity index (χ2v) is 4.18. The molecule has 1 amide bonds. The number of anilines is 1. The Morgan fingerprint density at radius 3 is 2.89 bits per heavy atom. The Labute approximate surface area is 111 Å². The predicted octanol–water partition coefficient (Wildman–Crippen LogP) is 1.59. The molecule has 0 saturated carbocycles. The van der Waals surface area contributed by atoms with Crippen LogP contribution in [0.1, 0.15) is 12.0 Å². The van der Waals surface area contributed by atoms with Crippen molar-refractivity contribution in [1.82, 2.24) is 15.5 Å². The quantitative estimate of drug-likeness (QED) is 0.853. The van der Waals surface area contributed by atoms with E-state index in [4.69, 9.17) is 4.42 Å². The zero-order valence-electron chi connectivity index (χ0n) is 10.9. The molecule has 0 fully saturated rings. The molecule has 0 atom stereocenters. The van der Waals surface area contributed by atoms with Crippen molar-refractivity contribution in [2.45, 2.75) is 13.3 Å². The molecule has 0 bridgehead atoms. The highest BCUT2D eigenvalue weighted by Crippen LogP contribution is 2.23. The summed E-state index contributed by atoms with van der Waals surface area (Å²) in [5, 5.41) is 13.3. The summed E-state index contributed by atoms with van der Waals surface area (Å²) >= 11 is 0. The number of hydrogen-bond donors (Lipinski definition) is 2. The molecule has 2 aromatic rings. The Morgan fingerprint density at radius 2 is 2.26 bits per heavy atom. The molecule has 0 aliphatic carbocycles. The highest BCUT2D eigenvalue weighted by atomic mass is 16.4. The Hall–Kier alpha value is -2.21. The average molecular weight is 260 g/mol. The first-order valence-corrected chi connectivity index (χ1v) is 6.02. The summed E-state index contributed by atoms with van der Waals surface area (Å²) in [5.41, 5.74) is 2.58. The van der Waals surface area contributed by atoms with Crippen molar-refractivity contribution >= 4 is 11.6 Å². The number of aromatic nitrogens is 2. The van der Waals surface area contributed by atoms with Gasteiger partial charge >= 0.3 is 0 Å². The van der Waals surface area contributed by atoms with Crippen LogP contribution in [0.2, 0.25) is 0 Å². The summed E-state index contributed by atoms with van der Waals surface area (Å²) in [5.74, 6) is 0.458. The standard InChI is InChI=1S/C13H16N4O2/c1-9-7-10(13-17-15-8-19-13)3-4-11(9)16-12(18)5-6-14-2/h3-4,7-8,14H,5-6H2,1-2H3,(H,16,18). The average Bonchev–Trinajstić information content (AvgIpc) is 2.92. The van der Waals surface area contributed by atoms with Crippen LogP contribution in [-0.4, -0.2) is 29.7 Å². The number of rotatable bonds is 5. The second-order valence-electron chi connectivity index (χ2n) is 4.18. The molecule has 0 saturated heterocycles. The van der Waals surface area contributed by atoms with Crippen molar-refractivity contribution in [3.63, 3.8) is 0 Å². The molecule has 19 heavy (non-hydrogen) atoms. The van der Waals surface area contributed by atoms with Crippen molar-refractivity contribution in [2.24, 2.45) is 0 Å². The Balaban J connectivity index is 2.09. The number of hydrogen-bond acceptors (Lipinski definition) is 5. The fourth-order valence-electron chi connectivity index (χ4n) is 1.69. The van der Waals surface area contributed by atoms with Crippen molar-refractivity contribution in [1.29, 1.82) is 0 Å². The van der Waals surface area contributed by atoms with Crippen LogP contribution in [-0.2, 0) is 4.79 Å². The smallest absolute Gasteiger partial charge is 0.247 e. The third kappa shape index (κ3) is 3.38. The number of amides is 1. The molecule has 6 nitrogen and oxygen atoms in total. The molecule has 100 valence electrons. The van der Waals surface area contributed by atoms with E-state index >= 15 is 0 Å². The summed E-state index contributed by atoms with van der Waals surface area (Å²) in [7, 11) is 1.82. The Kier molecular flexibility index (Phi) is 4.25. The minimum atomic E-state index is -0.0111. The van der Waals surface area contributed by atoms with Gasteiger partial charge in [0.15, 0.2) is 0 Å². The van der Waals surface area contributed by atoms with E-state index in [0.29, 0.717) is 18.9 Å². The minimum absolute atomic E-state index is 0.0111. The van der Waals surface area contributed by atoms with Crippen LogP contribution >= 0.6 is 0 Å². The van der Waals surface area contributed by atoms with E-state index in [0.717, 1.165) is 16.8 Å². The fourth-order valence-corrected chi connectivity index (χ4v) is 1.69. The van der Waals surface area contributed by atoms with Crippen LogP contribution in [0.25, 0.3) is 11.5 Å². The number of carbonyl (C=O) groups excluding carboxylic acids is 1. The van der Waals surface area contributed by atoms with Crippen molar-refractivity contribution in [3.05, 3.63) is 30.2 Å². The van der Waals surface area contributed by atoms with Crippen LogP contribution < -0.4 is 10.6 Å². The van der Waals surface area contributed by atoms with Gasteiger partial charge in [-0.1, -0.05) is 0 Å². The van der Waals surface area contributed by atoms with Gasteiger partial charge in [0, 0.05) is 24.2 Å². The summed E-state index contributed by atoms with van der Waals surface area (Å²) in [6, 6.07) is 5.58. The Bertz CT molecular complexity index is 552. The maximum absolute atomic E-state index is 11.6. The van der Waals surface area contributed by atoms with Gasteiger partial charge in [0.1, 0.15) is 0 Å². The van der Waals surface area contributed by atoms with Crippen LogP contribution in [0.4, 0.5) is 5.69 Å². The van der Waals surface area contributed by atoms with Crippen molar-refractivity contribution in [3.8, 4) is 11.5 Å². The van der Waals surface area contributed by atoms with E-state index in [1.807, 2.05) is 32.2 Å². The number of nitrogens with one attached hydrogen (secondary N) is 2. The van der Waals surface area contributed by atoms with Crippen LogP contribution in [0.5, 0.6) is 0 Å². The largest absolute Gasteiger partial charge is 0.423 e. The van der Waals surface area contributed by atoms with Gasteiger partial charge < -0.3 is 15.1 Å². The highest BCUT2D eigenvalue weighted by molar-refractivity contribution is 5.91. The lowest BCUT2D eigenvalue weighted by molar-refractivity contribution is -0.116. The lowest BCUT2D eigenvalue weighted by atomic mass is 10.1. The van der Waals surface area contributed by atoms with Gasteiger partial charge in [0.05, 0.1) is 0 Å². The molecule has 0 aliphatic rings. The van der Waals surface area contributed by atoms with Crippen LogP contribution in [0.3, 0.4) is 0 Å². The molecular formula is C13H16N4O2. The first-order chi connectivity index (χ1) is 9.20. The third-order valence-electron chi connectivity index (χ3n) is 2.71. The normalized spacial score (nSPS) is 10.4. The van der Waals surface area contributed by atoms with E-state index in [1.165, 1.54) is 6.39 Å². The zero-order chi connectivity index (χ0) is 13.7. The van der Waals surface area contributed by atoms with Gasteiger partial charge in [-0.3, -0.25) is 4.79 Å². The second kappa shape index (κ2) is 6.10. The lowest BCUT2D eigenvalue weighted by Gasteiger charge is -2.09. The SMILES string of the molecule is CNCCC(=O)Nc1ccc(-c2nnco2)cc1C. The van der Waals surface area contributed by atoms with Gasteiger partial charge in [0.25, 0.3) is 0 Å². The van der Waals surface area contributed by atoms with Gasteiger partial charge in [-0.25, -0.2) is 0 Å². The molecule has 6 heteroatoms. The molecule has 2 rings (SSSR count). The first kappa shape index (κ1) is 13.2. The zero-order valence-corrected chi connectivity index (χ0v) is 10.9. The predicted molar refractivity (Wildman–Crippen MR) is 71.6 cm³/mol. The van der Waals surface area contributed by atoms with E-state index < -0.39 is 0 Å². The van der Waals surface area contributed by atoms with Crippen LogP contribution in [0.15, 0.2) is 29.0 Å². The van der Waals surface area contributed by atoms with Gasteiger partial charge in [-0.15, -0.1) is 10.2 Å². The monoisotopic (exact) mass is 260 g/mol. The lowest BCUT2D eigenvalue weighted by Crippen LogP contribution is -2.19. The van der Waals surface area contributed by atoms with Crippen LogP contribution in [0, 0.1) is 6.92 Å². The molecule has 0 aliphatic heterocycles. The molecule has 1 heterocycles. The summed E-state index contributed by atoms with van der Waals surface area (Å²) in [6.07, 6.45) is 1.74. The maximum atomic E-state index is 11.6. The third-order valence-corrected chi connectivity index (χ3v) is 2.71. The minimum Gasteiger partial charge on any atom is -0.423 e. The van der Waals surface area contributed by atoms with Gasteiger partial charge in [-0.05, 0) is 37.7 Å². The molecule has 1 aromatic heterocycles. The molecule has 1 aromatic carbocycles. The molecule has 2 N–H and O–H groups in total. The number of benzene rings is 1. The fraction of sp³-hybridized carbons (Fsp3) is 0.308. The molecule has 0 spiro atoms. The molecular weight excluding hydrogens is 244 g/mol. The van der Waals surface area contributed by atoms with E-state index in [-0.39, 0.29) is 5.91 Å².